The quantitative estimate of drug-likeness (QED) is 0.247. The zero-order valence-electron chi connectivity index (χ0n) is 24.2. The van der Waals surface area contributed by atoms with E-state index >= 15 is 0 Å². The molecule has 0 fully saturated rings. The summed E-state index contributed by atoms with van der Waals surface area (Å²) in [5.41, 5.74) is 0.986. The molecule has 40 heavy (non-hydrogen) atoms. The minimum absolute atomic E-state index is 0.103. The molecule has 2 heterocycles. The molecule has 0 aliphatic carbocycles. The SMILES string of the molecule is CCCOc1ccc2c(c1)cc(CC(C)C(C)C(=O)c1c(O)cc(C(C)CC/C=C/NC(=O)OC)oc1=O)n2C. The Labute approximate surface area is 234 Å². The number of hydrogen-bond donors (Lipinski definition) is 2. The number of methoxy groups -OCH3 is 1. The maximum Gasteiger partial charge on any atom is 0.410 e. The summed E-state index contributed by atoms with van der Waals surface area (Å²) in [5, 5.41) is 14.2. The first-order valence-corrected chi connectivity index (χ1v) is 13.7. The molecule has 0 aliphatic rings. The van der Waals surface area contributed by atoms with E-state index < -0.39 is 23.4 Å². The number of Topliss-reactive ketones (excluding diaryl/α,β-unsaturated/α-hetero) is 1. The molecular weight excluding hydrogens is 512 g/mol. The number of rotatable bonds is 13. The highest BCUT2D eigenvalue weighted by Gasteiger charge is 2.29. The zero-order valence-corrected chi connectivity index (χ0v) is 24.2. The number of carbonyl (C=O) groups is 2. The van der Waals surface area contributed by atoms with E-state index in [0.29, 0.717) is 31.6 Å². The lowest BCUT2D eigenvalue weighted by Crippen LogP contribution is -2.26. The third kappa shape index (κ3) is 7.34. The fourth-order valence-corrected chi connectivity index (χ4v) is 4.61. The number of allylic oxidation sites excluding steroid dienone is 1. The number of aryl methyl sites for hydroxylation is 1. The van der Waals surface area contributed by atoms with Crippen molar-refractivity contribution in [3.8, 4) is 11.5 Å². The van der Waals surface area contributed by atoms with Gasteiger partial charge in [0.25, 0.3) is 0 Å². The van der Waals surface area contributed by atoms with Gasteiger partial charge in [0.2, 0.25) is 0 Å². The highest BCUT2D eigenvalue weighted by molar-refractivity contribution is 5.99. The lowest BCUT2D eigenvalue weighted by Gasteiger charge is -2.19. The highest BCUT2D eigenvalue weighted by atomic mass is 16.5. The number of carbonyl (C=O) groups excluding carboxylic acids is 2. The van der Waals surface area contributed by atoms with Gasteiger partial charge in [-0.15, -0.1) is 0 Å². The predicted octanol–water partition coefficient (Wildman–Crippen LogP) is 6.08. The number of amides is 1. The van der Waals surface area contributed by atoms with Gasteiger partial charge in [-0.05, 0) is 55.9 Å². The van der Waals surface area contributed by atoms with Crippen molar-refractivity contribution in [2.75, 3.05) is 13.7 Å². The summed E-state index contributed by atoms with van der Waals surface area (Å²) in [6.07, 6.45) is 5.41. The van der Waals surface area contributed by atoms with E-state index in [0.717, 1.165) is 28.8 Å². The van der Waals surface area contributed by atoms with Crippen LogP contribution in [0.2, 0.25) is 0 Å². The van der Waals surface area contributed by atoms with Crippen molar-refractivity contribution in [2.45, 2.75) is 59.3 Å². The number of hydrogen-bond acceptors (Lipinski definition) is 7. The summed E-state index contributed by atoms with van der Waals surface area (Å²) in [6, 6.07) is 9.47. The summed E-state index contributed by atoms with van der Waals surface area (Å²) < 4.78 is 17.8. The summed E-state index contributed by atoms with van der Waals surface area (Å²) >= 11 is 0. The van der Waals surface area contributed by atoms with Gasteiger partial charge in [-0.25, -0.2) is 9.59 Å². The molecule has 1 amide bonds. The van der Waals surface area contributed by atoms with Crippen LogP contribution in [0, 0.1) is 11.8 Å². The van der Waals surface area contributed by atoms with Gasteiger partial charge in [-0.1, -0.05) is 33.8 Å². The number of aromatic hydroxyl groups is 1. The lowest BCUT2D eigenvalue weighted by atomic mass is 9.85. The van der Waals surface area contributed by atoms with Crippen molar-refractivity contribution in [1.82, 2.24) is 9.88 Å². The molecule has 3 unspecified atom stereocenters. The maximum absolute atomic E-state index is 13.3. The van der Waals surface area contributed by atoms with Crippen LogP contribution in [0.4, 0.5) is 4.79 Å². The van der Waals surface area contributed by atoms with Crippen LogP contribution in [0.3, 0.4) is 0 Å². The molecule has 0 saturated heterocycles. The summed E-state index contributed by atoms with van der Waals surface area (Å²) in [7, 11) is 3.27. The van der Waals surface area contributed by atoms with E-state index in [-0.39, 0.29) is 23.1 Å². The number of fused-ring (bicyclic) bond motifs is 1. The van der Waals surface area contributed by atoms with Crippen LogP contribution in [0.1, 0.15) is 74.7 Å². The molecule has 0 bridgehead atoms. The average Bonchev–Trinajstić information content (AvgIpc) is 3.24. The molecule has 0 saturated carbocycles. The second-order valence-corrected chi connectivity index (χ2v) is 10.3. The van der Waals surface area contributed by atoms with E-state index in [1.807, 2.05) is 39.1 Å². The van der Waals surface area contributed by atoms with E-state index in [1.54, 1.807) is 13.0 Å². The molecular formula is C31H40N2O7. The number of ketones is 1. The van der Waals surface area contributed by atoms with Crippen molar-refractivity contribution in [1.29, 1.82) is 0 Å². The van der Waals surface area contributed by atoms with E-state index in [9.17, 15) is 19.5 Å². The predicted molar refractivity (Wildman–Crippen MR) is 154 cm³/mol. The molecule has 9 heteroatoms. The number of ether oxygens (including phenoxy) is 2. The minimum Gasteiger partial charge on any atom is -0.507 e. The number of alkyl carbamates (subject to hydrolysis) is 1. The standard InChI is InChI=1S/C31H40N2O7/c1-7-14-39-24-11-12-25-22(17-24)16-23(33(25)5)15-20(3)21(4)29(35)28-26(34)18-27(40-30(28)36)19(2)10-8-9-13-32-31(37)38-6/h9,11-13,16-21,34H,7-8,10,14-15H2,1-6H3,(H,32,37)/b13-9+. The molecule has 0 radical (unpaired) electrons. The third-order valence-corrected chi connectivity index (χ3v) is 7.34. The van der Waals surface area contributed by atoms with Gasteiger partial charge in [-0.3, -0.25) is 10.1 Å². The van der Waals surface area contributed by atoms with Gasteiger partial charge < -0.3 is 23.6 Å². The van der Waals surface area contributed by atoms with Crippen molar-refractivity contribution < 1.29 is 28.6 Å². The number of benzene rings is 1. The first kappa shape index (κ1) is 30.5. The van der Waals surface area contributed by atoms with Crippen molar-refractivity contribution in [3.05, 3.63) is 70.0 Å². The van der Waals surface area contributed by atoms with Crippen molar-refractivity contribution >= 4 is 22.8 Å². The van der Waals surface area contributed by atoms with Gasteiger partial charge in [0.05, 0.1) is 13.7 Å². The Hall–Kier alpha value is -4.01. The second-order valence-electron chi connectivity index (χ2n) is 10.3. The molecule has 2 N–H and O–H groups in total. The molecule has 216 valence electrons. The second kappa shape index (κ2) is 13.9. The number of aromatic nitrogens is 1. The van der Waals surface area contributed by atoms with Gasteiger partial charge >= 0.3 is 11.7 Å². The van der Waals surface area contributed by atoms with Gasteiger partial charge in [-0.2, -0.15) is 0 Å². The summed E-state index contributed by atoms with van der Waals surface area (Å²) in [4.78, 5) is 37.2. The minimum atomic E-state index is -0.835. The van der Waals surface area contributed by atoms with Crippen LogP contribution < -0.4 is 15.7 Å². The normalized spacial score (nSPS) is 13.8. The molecule has 3 rings (SSSR count). The summed E-state index contributed by atoms with van der Waals surface area (Å²) in [5.74, 6) is -0.499. The first-order valence-electron chi connectivity index (χ1n) is 13.7. The van der Waals surface area contributed by atoms with Crippen molar-refractivity contribution in [3.63, 3.8) is 0 Å². The van der Waals surface area contributed by atoms with Crippen LogP contribution in [0.25, 0.3) is 10.9 Å². The van der Waals surface area contributed by atoms with Crippen LogP contribution in [-0.4, -0.2) is 35.3 Å². The Morgan fingerprint density at radius 1 is 1.18 bits per heavy atom. The third-order valence-electron chi connectivity index (χ3n) is 7.34. The zero-order chi connectivity index (χ0) is 29.4. The summed E-state index contributed by atoms with van der Waals surface area (Å²) in [6.45, 7) is 8.33. The fraction of sp³-hybridized carbons (Fsp3) is 0.452. The van der Waals surface area contributed by atoms with Crippen LogP contribution >= 0.6 is 0 Å². The molecule has 9 nitrogen and oxygen atoms in total. The molecule has 1 aromatic carbocycles. The lowest BCUT2D eigenvalue weighted by molar-refractivity contribution is 0.0884. The molecule has 0 aliphatic heterocycles. The maximum atomic E-state index is 13.3. The van der Waals surface area contributed by atoms with Gasteiger partial charge in [0, 0.05) is 47.7 Å². The molecule has 0 spiro atoms. The topological polar surface area (TPSA) is 120 Å². The van der Waals surface area contributed by atoms with E-state index in [2.05, 4.69) is 27.6 Å². The van der Waals surface area contributed by atoms with Crippen molar-refractivity contribution in [2.24, 2.45) is 18.9 Å². The molecule has 2 aromatic heterocycles. The molecule has 3 atom stereocenters. The Kier molecular flexibility index (Phi) is 10.6. The molecule has 3 aromatic rings. The monoisotopic (exact) mass is 552 g/mol. The smallest absolute Gasteiger partial charge is 0.410 e. The highest BCUT2D eigenvalue weighted by Crippen LogP contribution is 2.30. The largest absolute Gasteiger partial charge is 0.507 e. The fourth-order valence-electron chi connectivity index (χ4n) is 4.61. The van der Waals surface area contributed by atoms with E-state index in [1.165, 1.54) is 19.4 Å². The van der Waals surface area contributed by atoms with Gasteiger partial charge in [0.15, 0.2) is 5.78 Å². The Bertz CT molecular complexity index is 1420. The average molecular weight is 553 g/mol. The van der Waals surface area contributed by atoms with Crippen LogP contribution in [0.15, 0.2) is 51.8 Å². The van der Waals surface area contributed by atoms with Crippen LogP contribution in [-0.2, 0) is 18.2 Å². The Morgan fingerprint density at radius 2 is 1.93 bits per heavy atom. The Morgan fingerprint density at radius 3 is 2.60 bits per heavy atom. The van der Waals surface area contributed by atoms with Crippen LogP contribution in [0.5, 0.6) is 11.5 Å². The van der Waals surface area contributed by atoms with Gasteiger partial charge in [0.1, 0.15) is 22.8 Å². The first-order chi connectivity index (χ1) is 19.1. The van der Waals surface area contributed by atoms with E-state index in [4.69, 9.17) is 9.15 Å². The number of nitrogens with zero attached hydrogens (tertiary/aromatic N) is 1. The Balaban J connectivity index is 1.69. The number of nitrogens with one attached hydrogen (secondary N) is 1.